The molecule has 1 atom stereocenters. The van der Waals surface area contributed by atoms with Crippen LogP contribution in [0, 0.1) is 5.92 Å². The minimum atomic E-state index is -0.120. The summed E-state index contributed by atoms with van der Waals surface area (Å²) in [7, 11) is 0. The molecule has 2 saturated heterocycles. The normalized spacial score (nSPS) is 23.6. The van der Waals surface area contributed by atoms with E-state index in [1.165, 1.54) is 19.3 Å². The number of halogens is 1. The number of nitrogens with zero attached hydrogens (tertiary/aromatic N) is 3. The molecule has 3 fully saturated rings. The van der Waals surface area contributed by atoms with Gasteiger partial charge in [-0.15, -0.1) is 0 Å². The Balaban J connectivity index is 1.14. The first kappa shape index (κ1) is 21.0. The van der Waals surface area contributed by atoms with Crippen LogP contribution >= 0.6 is 11.6 Å². The van der Waals surface area contributed by atoms with Crippen molar-refractivity contribution in [2.75, 3.05) is 19.7 Å². The van der Waals surface area contributed by atoms with Gasteiger partial charge >= 0.3 is 0 Å². The summed E-state index contributed by atoms with van der Waals surface area (Å²) in [6.07, 6.45) is 8.64. The summed E-state index contributed by atoms with van der Waals surface area (Å²) in [6.45, 7) is 2.25. The van der Waals surface area contributed by atoms with Crippen LogP contribution in [0.2, 0.25) is 5.02 Å². The number of benzene rings is 1. The smallest absolute Gasteiger partial charge is 0.229 e. The predicted octanol–water partition coefficient (Wildman–Crippen LogP) is 4.56. The van der Waals surface area contributed by atoms with Gasteiger partial charge in [-0.2, -0.15) is 4.98 Å². The van der Waals surface area contributed by atoms with Gasteiger partial charge in [0.15, 0.2) is 5.82 Å². The number of hydrogen-bond acceptors (Lipinski definition) is 5. The number of piperidine rings is 1. The third-order valence-electron chi connectivity index (χ3n) is 7.33. The lowest BCUT2D eigenvalue weighted by Gasteiger charge is -2.46. The van der Waals surface area contributed by atoms with Crippen molar-refractivity contribution in [3.63, 3.8) is 0 Å². The molecule has 1 spiro atoms. The molecule has 31 heavy (non-hydrogen) atoms. The second-order valence-electron chi connectivity index (χ2n) is 9.42. The van der Waals surface area contributed by atoms with Gasteiger partial charge in [-0.1, -0.05) is 41.4 Å². The highest BCUT2D eigenvalue weighted by molar-refractivity contribution is 6.31. The van der Waals surface area contributed by atoms with Gasteiger partial charge in [0.1, 0.15) is 0 Å². The summed E-state index contributed by atoms with van der Waals surface area (Å²) in [5.41, 5.74) is 0.773. The molecule has 1 aliphatic carbocycles. The summed E-state index contributed by atoms with van der Waals surface area (Å²) >= 11 is 6.23. The van der Waals surface area contributed by atoms with E-state index >= 15 is 0 Å². The van der Waals surface area contributed by atoms with E-state index in [0.29, 0.717) is 23.3 Å². The summed E-state index contributed by atoms with van der Waals surface area (Å²) in [5.74, 6) is 2.80. The van der Waals surface area contributed by atoms with Crippen molar-refractivity contribution in [1.29, 1.82) is 0 Å². The van der Waals surface area contributed by atoms with Crippen LogP contribution in [-0.2, 0) is 22.4 Å². The minimum absolute atomic E-state index is 0.120. The van der Waals surface area contributed by atoms with E-state index in [1.807, 2.05) is 29.2 Å². The van der Waals surface area contributed by atoms with E-state index in [-0.39, 0.29) is 11.5 Å². The fraction of sp³-hybridized carbons (Fsp3) is 0.625. The molecule has 0 N–H and O–H groups in total. The van der Waals surface area contributed by atoms with Gasteiger partial charge in [-0.05, 0) is 56.1 Å². The molecule has 5 rings (SSSR count). The number of ether oxygens (including phenoxy) is 1. The Morgan fingerprint density at radius 3 is 2.74 bits per heavy atom. The highest BCUT2D eigenvalue weighted by Crippen LogP contribution is 2.39. The van der Waals surface area contributed by atoms with Crippen molar-refractivity contribution in [3.05, 3.63) is 46.6 Å². The summed E-state index contributed by atoms with van der Waals surface area (Å²) in [5, 5.41) is 4.90. The first-order valence-corrected chi connectivity index (χ1v) is 12.0. The SMILES string of the molecule is O=C(Cc1ccccc1Cl)N1CCC2(CC1)CC(Cc1noc(C3CCC3)n1)CCO2. The molecule has 3 aliphatic rings. The Kier molecular flexibility index (Phi) is 6.02. The highest BCUT2D eigenvalue weighted by atomic mass is 35.5. The fourth-order valence-corrected chi connectivity index (χ4v) is 5.36. The van der Waals surface area contributed by atoms with E-state index in [4.69, 9.17) is 20.9 Å². The lowest BCUT2D eigenvalue weighted by atomic mass is 9.78. The van der Waals surface area contributed by atoms with Crippen molar-refractivity contribution in [2.45, 2.75) is 69.3 Å². The lowest BCUT2D eigenvalue weighted by Crippen LogP contribution is -2.51. The molecule has 1 aromatic heterocycles. The van der Waals surface area contributed by atoms with E-state index < -0.39 is 0 Å². The Bertz CT molecular complexity index is 918. The number of hydrogen-bond donors (Lipinski definition) is 0. The number of amides is 1. The maximum Gasteiger partial charge on any atom is 0.229 e. The van der Waals surface area contributed by atoms with Crippen molar-refractivity contribution < 1.29 is 14.1 Å². The van der Waals surface area contributed by atoms with Crippen LogP contribution in [0.4, 0.5) is 0 Å². The van der Waals surface area contributed by atoms with Crippen molar-refractivity contribution >= 4 is 17.5 Å². The zero-order valence-corrected chi connectivity index (χ0v) is 18.6. The molecule has 1 saturated carbocycles. The quantitative estimate of drug-likeness (QED) is 0.677. The molecule has 1 amide bonds. The fourth-order valence-electron chi connectivity index (χ4n) is 5.16. The highest BCUT2D eigenvalue weighted by Gasteiger charge is 2.41. The molecule has 166 valence electrons. The Morgan fingerprint density at radius 1 is 1.19 bits per heavy atom. The van der Waals surface area contributed by atoms with Crippen LogP contribution in [-0.4, -0.2) is 46.2 Å². The molecule has 2 aliphatic heterocycles. The van der Waals surface area contributed by atoms with Gasteiger partial charge < -0.3 is 14.2 Å². The van der Waals surface area contributed by atoms with E-state index in [2.05, 4.69) is 10.1 Å². The predicted molar refractivity (Wildman–Crippen MR) is 117 cm³/mol. The van der Waals surface area contributed by atoms with Gasteiger partial charge in [0.05, 0.1) is 12.0 Å². The van der Waals surface area contributed by atoms with Crippen LogP contribution in [0.5, 0.6) is 0 Å². The Labute approximate surface area is 188 Å². The lowest BCUT2D eigenvalue weighted by molar-refractivity contribution is -0.146. The number of aromatic nitrogens is 2. The monoisotopic (exact) mass is 443 g/mol. The van der Waals surface area contributed by atoms with E-state index in [1.54, 1.807) is 0 Å². The molecule has 6 nitrogen and oxygen atoms in total. The third kappa shape index (κ3) is 4.65. The molecule has 0 radical (unpaired) electrons. The van der Waals surface area contributed by atoms with Crippen LogP contribution < -0.4 is 0 Å². The van der Waals surface area contributed by atoms with Crippen molar-refractivity contribution in [3.8, 4) is 0 Å². The summed E-state index contributed by atoms with van der Waals surface area (Å²) in [4.78, 5) is 19.4. The summed E-state index contributed by atoms with van der Waals surface area (Å²) < 4.78 is 11.8. The van der Waals surface area contributed by atoms with Crippen molar-refractivity contribution in [2.24, 2.45) is 5.92 Å². The van der Waals surface area contributed by atoms with Gasteiger partial charge in [0, 0.05) is 37.1 Å². The van der Waals surface area contributed by atoms with Gasteiger partial charge in [0.2, 0.25) is 11.8 Å². The second-order valence-corrected chi connectivity index (χ2v) is 9.83. The van der Waals surface area contributed by atoms with Crippen molar-refractivity contribution in [1.82, 2.24) is 15.0 Å². The maximum absolute atomic E-state index is 12.8. The van der Waals surface area contributed by atoms with Crippen LogP contribution in [0.25, 0.3) is 0 Å². The van der Waals surface area contributed by atoms with Gasteiger partial charge in [-0.3, -0.25) is 4.79 Å². The molecule has 3 heterocycles. The maximum atomic E-state index is 12.8. The standard InChI is InChI=1S/C24H30ClN3O3/c25-20-7-2-1-4-19(20)15-22(29)28-11-9-24(10-12-28)16-17(8-13-30-24)14-21-26-23(31-27-21)18-5-3-6-18/h1-2,4,7,17-18H,3,5-6,8-16H2. The van der Waals surface area contributed by atoms with Crippen LogP contribution in [0.3, 0.4) is 0 Å². The third-order valence-corrected chi connectivity index (χ3v) is 7.70. The minimum Gasteiger partial charge on any atom is -0.375 e. The largest absolute Gasteiger partial charge is 0.375 e. The molecular formula is C24H30ClN3O3. The topological polar surface area (TPSA) is 68.5 Å². The zero-order chi connectivity index (χ0) is 21.3. The van der Waals surface area contributed by atoms with Gasteiger partial charge in [0.25, 0.3) is 0 Å². The Morgan fingerprint density at radius 2 is 2.00 bits per heavy atom. The van der Waals surface area contributed by atoms with E-state index in [9.17, 15) is 4.79 Å². The van der Waals surface area contributed by atoms with E-state index in [0.717, 1.165) is 69.1 Å². The number of rotatable bonds is 5. The molecule has 0 bridgehead atoms. The number of carbonyl (C=O) groups is 1. The molecule has 1 aromatic carbocycles. The second kappa shape index (κ2) is 8.91. The zero-order valence-electron chi connectivity index (χ0n) is 17.9. The molecule has 1 unspecified atom stereocenters. The average Bonchev–Trinajstić information content (AvgIpc) is 3.16. The van der Waals surface area contributed by atoms with Crippen LogP contribution in [0.15, 0.2) is 28.8 Å². The Hall–Kier alpha value is -1.92. The number of likely N-dealkylation sites (tertiary alicyclic amines) is 1. The van der Waals surface area contributed by atoms with Gasteiger partial charge in [-0.25, -0.2) is 0 Å². The average molecular weight is 444 g/mol. The molecule has 2 aromatic rings. The van der Waals surface area contributed by atoms with Crippen LogP contribution in [0.1, 0.15) is 68.1 Å². The first-order valence-electron chi connectivity index (χ1n) is 11.6. The number of carbonyl (C=O) groups excluding carboxylic acids is 1. The first-order chi connectivity index (χ1) is 15.1. The molecule has 7 heteroatoms. The summed E-state index contributed by atoms with van der Waals surface area (Å²) in [6, 6.07) is 7.58. The molecular weight excluding hydrogens is 414 g/mol.